The normalized spacial score (nSPS) is 17.7. The zero-order valence-corrected chi connectivity index (χ0v) is 9.65. The summed E-state index contributed by atoms with van der Waals surface area (Å²) in [6.45, 7) is 2.06. The van der Waals surface area contributed by atoms with Crippen LogP contribution in [0.5, 0.6) is 0 Å². The van der Waals surface area contributed by atoms with Crippen LogP contribution in [0.1, 0.15) is 12.8 Å². The van der Waals surface area contributed by atoms with Gasteiger partial charge in [0.25, 0.3) is 0 Å². The molecule has 1 aliphatic heterocycles. The van der Waals surface area contributed by atoms with E-state index in [1.165, 1.54) is 0 Å². The standard InChI is InChI=1S/C9H12Cl2N4/c10-7-5-8(15-9(11)14-7)13-6-1-3-12-4-2-6/h5-6,12H,1-4H2,(H,13,14,15). The molecule has 2 N–H and O–H groups in total. The first kappa shape index (κ1) is 10.9. The highest BCUT2D eigenvalue weighted by Crippen LogP contribution is 2.17. The molecule has 0 aliphatic carbocycles. The molecule has 1 saturated heterocycles. The van der Waals surface area contributed by atoms with E-state index in [9.17, 15) is 0 Å². The van der Waals surface area contributed by atoms with Gasteiger partial charge in [0.15, 0.2) is 0 Å². The van der Waals surface area contributed by atoms with Crippen LogP contribution in [-0.2, 0) is 0 Å². The van der Waals surface area contributed by atoms with Crippen molar-refractivity contribution in [3.63, 3.8) is 0 Å². The summed E-state index contributed by atoms with van der Waals surface area (Å²) in [4.78, 5) is 7.86. The van der Waals surface area contributed by atoms with Gasteiger partial charge < -0.3 is 10.6 Å². The van der Waals surface area contributed by atoms with Crippen molar-refractivity contribution in [1.82, 2.24) is 15.3 Å². The fourth-order valence-electron chi connectivity index (χ4n) is 1.64. The van der Waals surface area contributed by atoms with Crippen molar-refractivity contribution < 1.29 is 0 Å². The van der Waals surface area contributed by atoms with E-state index in [2.05, 4.69) is 20.6 Å². The molecule has 1 fully saturated rings. The van der Waals surface area contributed by atoms with E-state index in [1.54, 1.807) is 6.07 Å². The molecule has 0 bridgehead atoms. The minimum atomic E-state index is 0.180. The van der Waals surface area contributed by atoms with Crippen LogP contribution in [0.3, 0.4) is 0 Å². The van der Waals surface area contributed by atoms with Crippen LogP contribution in [-0.4, -0.2) is 29.1 Å². The van der Waals surface area contributed by atoms with Gasteiger partial charge in [0.2, 0.25) is 5.28 Å². The van der Waals surface area contributed by atoms with Gasteiger partial charge in [-0.1, -0.05) is 11.6 Å². The van der Waals surface area contributed by atoms with Crippen LogP contribution >= 0.6 is 23.2 Å². The monoisotopic (exact) mass is 246 g/mol. The summed E-state index contributed by atoms with van der Waals surface area (Å²) in [5.74, 6) is 0.701. The number of aromatic nitrogens is 2. The summed E-state index contributed by atoms with van der Waals surface area (Å²) in [6, 6.07) is 2.13. The molecule has 15 heavy (non-hydrogen) atoms. The Morgan fingerprint density at radius 1 is 1.27 bits per heavy atom. The molecule has 1 aromatic rings. The Hall–Kier alpha value is -0.580. The number of anilines is 1. The van der Waals surface area contributed by atoms with Crippen molar-refractivity contribution in [1.29, 1.82) is 0 Å². The lowest BCUT2D eigenvalue weighted by Gasteiger charge is -2.24. The average Bonchev–Trinajstić information content (AvgIpc) is 2.17. The lowest BCUT2D eigenvalue weighted by atomic mass is 10.1. The predicted molar refractivity (Wildman–Crippen MR) is 61.6 cm³/mol. The Labute approximate surface area is 98.4 Å². The summed E-state index contributed by atoms with van der Waals surface area (Å²) in [5.41, 5.74) is 0. The molecular weight excluding hydrogens is 235 g/mol. The lowest BCUT2D eigenvalue weighted by Crippen LogP contribution is -2.35. The highest BCUT2D eigenvalue weighted by atomic mass is 35.5. The summed E-state index contributed by atoms with van der Waals surface area (Å²) >= 11 is 11.5. The number of nitrogens with one attached hydrogen (secondary N) is 2. The van der Waals surface area contributed by atoms with Gasteiger partial charge in [-0.2, -0.15) is 0 Å². The molecule has 0 radical (unpaired) electrons. The maximum Gasteiger partial charge on any atom is 0.225 e. The molecule has 4 nitrogen and oxygen atoms in total. The van der Waals surface area contributed by atoms with Crippen LogP contribution in [0.25, 0.3) is 0 Å². The minimum Gasteiger partial charge on any atom is -0.367 e. The van der Waals surface area contributed by atoms with Gasteiger partial charge in [0.05, 0.1) is 0 Å². The molecule has 2 heterocycles. The Morgan fingerprint density at radius 3 is 2.67 bits per heavy atom. The second kappa shape index (κ2) is 4.96. The van der Waals surface area contributed by atoms with E-state index in [-0.39, 0.29) is 5.28 Å². The van der Waals surface area contributed by atoms with E-state index in [4.69, 9.17) is 23.2 Å². The largest absolute Gasteiger partial charge is 0.367 e. The predicted octanol–water partition coefficient (Wildman–Crippen LogP) is 1.95. The summed E-state index contributed by atoms with van der Waals surface area (Å²) < 4.78 is 0. The van der Waals surface area contributed by atoms with Crippen molar-refractivity contribution in [2.45, 2.75) is 18.9 Å². The van der Waals surface area contributed by atoms with E-state index >= 15 is 0 Å². The van der Waals surface area contributed by atoms with Crippen LogP contribution in [0.2, 0.25) is 10.4 Å². The fraction of sp³-hybridized carbons (Fsp3) is 0.556. The van der Waals surface area contributed by atoms with Crippen molar-refractivity contribution in [2.24, 2.45) is 0 Å². The quantitative estimate of drug-likeness (QED) is 0.619. The second-order valence-corrected chi connectivity index (χ2v) is 4.24. The smallest absolute Gasteiger partial charge is 0.225 e. The molecule has 0 amide bonds. The number of halogens is 2. The van der Waals surface area contributed by atoms with Crippen molar-refractivity contribution in [2.75, 3.05) is 18.4 Å². The number of rotatable bonds is 2. The van der Waals surface area contributed by atoms with Crippen LogP contribution < -0.4 is 10.6 Å². The van der Waals surface area contributed by atoms with Crippen LogP contribution in [0.15, 0.2) is 6.07 Å². The molecule has 6 heteroatoms. The first-order chi connectivity index (χ1) is 7.24. The van der Waals surface area contributed by atoms with Gasteiger partial charge in [-0.25, -0.2) is 9.97 Å². The van der Waals surface area contributed by atoms with Gasteiger partial charge in [-0.15, -0.1) is 0 Å². The highest BCUT2D eigenvalue weighted by Gasteiger charge is 2.13. The molecule has 0 atom stereocenters. The molecule has 0 spiro atoms. The summed E-state index contributed by atoms with van der Waals surface area (Å²) in [6.07, 6.45) is 2.17. The number of piperidine rings is 1. The number of hydrogen-bond acceptors (Lipinski definition) is 4. The van der Waals surface area contributed by atoms with Gasteiger partial charge in [-0.3, -0.25) is 0 Å². The Bertz CT molecular complexity index is 319. The highest BCUT2D eigenvalue weighted by molar-refractivity contribution is 6.32. The molecule has 82 valence electrons. The molecule has 0 aromatic carbocycles. The third-order valence-electron chi connectivity index (χ3n) is 2.36. The Morgan fingerprint density at radius 2 is 2.00 bits per heavy atom. The third kappa shape index (κ3) is 3.19. The van der Waals surface area contributed by atoms with E-state index in [0.29, 0.717) is 17.0 Å². The Balaban J connectivity index is 2.02. The SMILES string of the molecule is Clc1cc(NC2CCNCC2)nc(Cl)n1. The first-order valence-corrected chi connectivity index (χ1v) is 5.67. The van der Waals surface area contributed by atoms with Crippen molar-refractivity contribution in [3.8, 4) is 0 Å². The van der Waals surface area contributed by atoms with E-state index in [1.807, 2.05) is 0 Å². The lowest BCUT2D eigenvalue weighted by molar-refractivity contribution is 0.478. The van der Waals surface area contributed by atoms with Crippen molar-refractivity contribution >= 4 is 29.0 Å². The van der Waals surface area contributed by atoms with E-state index < -0.39 is 0 Å². The van der Waals surface area contributed by atoms with Gasteiger partial charge in [-0.05, 0) is 37.5 Å². The van der Waals surface area contributed by atoms with Gasteiger partial charge in [0.1, 0.15) is 11.0 Å². The second-order valence-electron chi connectivity index (χ2n) is 3.51. The third-order valence-corrected chi connectivity index (χ3v) is 2.72. The molecule has 0 saturated carbocycles. The average molecular weight is 247 g/mol. The molecule has 0 unspecified atom stereocenters. The Kier molecular flexibility index (Phi) is 3.61. The van der Waals surface area contributed by atoms with Crippen LogP contribution in [0, 0.1) is 0 Å². The number of hydrogen-bond donors (Lipinski definition) is 2. The summed E-state index contributed by atoms with van der Waals surface area (Å²) in [7, 11) is 0. The molecular formula is C9H12Cl2N4. The summed E-state index contributed by atoms with van der Waals surface area (Å²) in [5, 5.41) is 7.15. The molecule has 2 rings (SSSR count). The maximum absolute atomic E-state index is 5.78. The zero-order valence-electron chi connectivity index (χ0n) is 8.13. The maximum atomic E-state index is 5.78. The number of nitrogens with zero attached hydrogens (tertiary/aromatic N) is 2. The molecule has 1 aromatic heterocycles. The fourth-order valence-corrected chi connectivity index (χ4v) is 2.05. The zero-order chi connectivity index (χ0) is 10.7. The van der Waals surface area contributed by atoms with Gasteiger partial charge >= 0.3 is 0 Å². The first-order valence-electron chi connectivity index (χ1n) is 4.91. The van der Waals surface area contributed by atoms with Gasteiger partial charge in [0, 0.05) is 12.1 Å². The van der Waals surface area contributed by atoms with E-state index in [0.717, 1.165) is 25.9 Å². The van der Waals surface area contributed by atoms with Crippen molar-refractivity contribution in [3.05, 3.63) is 16.5 Å². The van der Waals surface area contributed by atoms with Crippen LogP contribution in [0.4, 0.5) is 5.82 Å². The topological polar surface area (TPSA) is 49.8 Å². The molecule has 1 aliphatic rings. The minimum absolute atomic E-state index is 0.180.